The standard InChI is InChI=1S/C17H26O2S/c1-11(2)14-7-5-12(3)9-15(14)16-10-13(4)6-8-17(16)20(18)19/h6,8,10-12,14-15H,5,7,9H2,1-4H3,(H,18,19)/t12-,14+,15+/m1/s1. The first kappa shape index (κ1) is 15.7. The Kier molecular flexibility index (Phi) is 5.03. The number of benzene rings is 1. The van der Waals surface area contributed by atoms with E-state index in [-0.39, 0.29) is 0 Å². The van der Waals surface area contributed by atoms with Crippen LogP contribution in [0.5, 0.6) is 0 Å². The molecule has 0 bridgehead atoms. The van der Waals surface area contributed by atoms with Crippen LogP contribution in [0.15, 0.2) is 23.1 Å². The van der Waals surface area contributed by atoms with Crippen LogP contribution >= 0.6 is 0 Å². The van der Waals surface area contributed by atoms with E-state index >= 15 is 0 Å². The summed E-state index contributed by atoms with van der Waals surface area (Å²) in [6.07, 6.45) is 3.65. The largest absolute Gasteiger partial charge is 0.302 e. The molecule has 1 unspecified atom stereocenters. The summed E-state index contributed by atoms with van der Waals surface area (Å²) in [5, 5.41) is 0. The van der Waals surface area contributed by atoms with Gasteiger partial charge in [-0.15, -0.1) is 0 Å². The summed E-state index contributed by atoms with van der Waals surface area (Å²) >= 11 is -1.89. The minimum absolute atomic E-state index is 0.421. The molecular weight excluding hydrogens is 268 g/mol. The monoisotopic (exact) mass is 294 g/mol. The van der Waals surface area contributed by atoms with E-state index in [0.717, 1.165) is 12.0 Å². The summed E-state index contributed by atoms with van der Waals surface area (Å²) in [4.78, 5) is 0.611. The van der Waals surface area contributed by atoms with Gasteiger partial charge in [0.2, 0.25) is 0 Å². The van der Waals surface area contributed by atoms with Crippen LogP contribution in [0.1, 0.15) is 57.1 Å². The number of rotatable bonds is 3. The molecule has 1 aliphatic rings. The van der Waals surface area contributed by atoms with E-state index in [1.54, 1.807) is 0 Å². The van der Waals surface area contributed by atoms with Crippen LogP contribution in [0.4, 0.5) is 0 Å². The minimum Gasteiger partial charge on any atom is -0.302 e. The van der Waals surface area contributed by atoms with Gasteiger partial charge in [-0.1, -0.05) is 44.9 Å². The smallest absolute Gasteiger partial charge is 0.186 e. The Balaban J connectivity index is 2.45. The van der Waals surface area contributed by atoms with Gasteiger partial charge in [0, 0.05) is 0 Å². The van der Waals surface area contributed by atoms with E-state index in [4.69, 9.17) is 0 Å². The van der Waals surface area contributed by atoms with Crippen molar-refractivity contribution in [3.05, 3.63) is 29.3 Å². The molecule has 1 aliphatic carbocycles. The van der Waals surface area contributed by atoms with Crippen LogP contribution in [-0.4, -0.2) is 8.76 Å². The number of hydrogen-bond acceptors (Lipinski definition) is 1. The van der Waals surface area contributed by atoms with Crippen molar-refractivity contribution in [1.29, 1.82) is 0 Å². The first-order valence-corrected chi connectivity index (χ1v) is 8.72. The fraction of sp³-hybridized carbons (Fsp3) is 0.647. The lowest BCUT2D eigenvalue weighted by Crippen LogP contribution is -2.27. The summed E-state index contributed by atoms with van der Waals surface area (Å²) in [5.41, 5.74) is 2.28. The van der Waals surface area contributed by atoms with Crippen molar-refractivity contribution >= 4 is 11.1 Å². The van der Waals surface area contributed by atoms with Crippen molar-refractivity contribution in [2.24, 2.45) is 17.8 Å². The van der Waals surface area contributed by atoms with Gasteiger partial charge in [-0.25, -0.2) is 4.21 Å². The normalized spacial score (nSPS) is 28.6. The topological polar surface area (TPSA) is 37.3 Å². The molecule has 0 saturated heterocycles. The predicted molar refractivity (Wildman–Crippen MR) is 84.3 cm³/mol. The second kappa shape index (κ2) is 6.40. The zero-order valence-electron chi connectivity index (χ0n) is 12.9. The van der Waals surface area contributed by atoms with Crippen molar-refractivity contribution in [2.75, 3.05) is 0 Å². The Bertz CT molecular complexity index is 496. The Morgan fingerprint density at radius 1 is 1.30 bits per heavy atom. The van der Waals surface area contributed by atoms with Crippen molar-refractivity contribution in [2.45, 2.75) is 57.8 Å². The fourth-order valence-electron chi connectivity index (χ4n) is 3.68. The van der Waals surface area contributed by atoms with Crippen LogP contribution in [0.3, 0.4) is 0 Å². The molecule has 1 N–H and O–H groups in total. The van der Waals surface area contributed by atoms with Gasteiger partial charge < -0.3 is 4.55 Å². The molecule has 2 nitrogen and oxygen atoms in total. The summed E-state index contributed by atoms with van der Waals surface area (Å²) in [5.74, 6) is 2.36. The highest BCUT2D eigenvalue weighted by Crippen LogP contribution is 2.45. The van der Waals surface area contributed by atoms with Crippen LogP contribution in [0.2, 0.25) is 0 Å². The van der Waals surface area contributed by atoms with Crippen LogP contribution < -0.4 is 0 Å². The van der Waals surface area contributed by atoms with Crippen molar-refractivity contribution in [3.8, 4) is 0 Å². The minimum atomic E-state index is -1.89. The molecule has 0 aromatic heterocycles. The van der Waals surface area contributed by atoms with E-state index in [0.29, 0.717) is 28.6 Å². The summed E-state index contributed by atoms with van der Waals surface area (Å²) < 4.78 is 21.2. The van der Waals surface area contributed by atoms with Gasteiger partial charge in [-0.05, 0) is 55.1 Å². The third-order valence-electron chi connectivity index (χ3n) is 4.78. The lowest BCUT2D eigenvalue weighted by atomic mass is 9.67. The molecule has 3 heteroatoms. The van der Waals surface area contributed by atoms with Gasteiger partial charge in [0.1, 0.15) is 0 Å². The number of aryl methyl sites for hydroxylation is 1. The van der Waals surface area contributed by atoms with Crippen molar-refractivity contribution in [3.63, 3.8) is 0 Å². The van der Waals surface area contributed by atoms with Gasteiger partial charge in [0.05, 0.1) is 4.90 Å². The molecule has 0 radical (unpaired) electrons. The lowest BCUT2D eigenvalue weighted by molar-refractivity contribution is 0.195. The first-order chi connectivity index (χ1) is 9.40. The van der Waals surface area contributed by atoms with Crippen LogP contribution in [0, 0.1) is 24.7 Å². The quantitative estimate of drug-likeness (QED) is 0.817. The third kappa shape index (κ3) is 3.32. The Morgan fingerprint density at radius 2 is 2.00 bits per heavy atom. The molecule has 112 valence electrons. The molecule has 0 aliphatic heterocycles. The molecule has 1 fully saturated rings. The third-order valence-corrected chi connectivity index (χ3v) is 5.52. The Labute approximate surface area is 125 Å². The lowest BCUT2D eigenvalue weighted by Gasteiger charge is -2.38. The van der Waals surface area contributed by atoms with Gasteiger partial charge in [0.15, 0.2) is 11.1 Å². The van der Waals surface area contributed by atoms with E-state index in [1.807, 2.05) is 12.1 Å². The Hall–Kier alpha value is -0.670. The molecule has 4 atom stereocenters. The maximum Gasteiger partial charge on any atom is 0.186 e. The molecule has 1 aromatic carbocycles. The zero-order valence-corrected chi connectivity index (χ0v) is 13.7. The predicted octanol–water partition coefficient (Wildman–Crippen LogP) is 4.75. The van der Waals surface area contributed by atoms with Crippen molar-refractivity contribution < 1.29 is 8.76 Å². The molecule has 20 heavy (non-hydrogen) atoms. The second-order valence-corrected chi connectivity index (χ2v) is 7.66. The highest BCUT2D eigenvalue weighted by molar-refractivity contribution is 7.79. The highest BCUT2D eigenvalue weighted by Gasteiger charge is 2.33. The number of hydrogen-bond donors (Lipinski definition) is 1. The first-order valence-electron chi connectivity index (χ1n) is 7.61. The molecule has 1 aromatic rings. The van der Waals surface area contributed by atoms with Gasteiger partial charge in [-0.3, -0.25) is 0 Å². The molecule has 2 rings (SSSR count). The summed E-state index contributed by atoms with van der Waals surface area (Å²) in [7, 11) is 0. The average Bonchev–Trinajstić information content (AvgIpc) is 2.37. The molecule has 0 heterocycles. The summed E-state index contributed by atoms with van der Waals surface area (Å²) in [6.45, 7) is 8.91. The van der Waals surface area contributed by atoms with Gasteiger partial charge >= 0.3 is 0 Å². The van der Waals surface area contributed by atoms with Gasteiger partial charge in [-0.2, -0.15) is 0 Å². The fourth-order valence-corrected chi connectivity index (χ4v) is 4.27. The Morgan fingerprint density at radius 3 is 2.60 bits per heavy atom. The van der Waals surface area contributed by atoms with Crippen LogP contribution in [0.25, 0.3) is 0 Å². The molecule has 0 spiro atoms. The maximum absolute atomic E-state index is 11.6. The zero-order chi connectivity index (χ0) is 14.9. The van der Waals surface area contributed by atoms with Crippen LogP contribution in [-0.2, 0) is 11.1 Å². The molecule has 0 amide bonds. The second-order valence-electron chi connectivity index (χ2n) is 6.72. The van der Waals surface area contributed by atoms with E-state index in [1.165, 1.54) is 18.4 Å². The molecule has 1 saturated carbocycles. The highest BCUT2D eigenvalue weighted by atomic mass is 32.2. The van der Waals surface area contributed by atoms with E-state index in [9.17, 15) is 8.76 Å². The average molecular weight is 294 g/mol. The summed E-state index contributed by atoms with van der Waals surface area (Å²) in [6, 6.07) is 5.89. The van der Waals surface area contributed by atoms with Crippen molar-refractivity contribution in [1.82, 2.24) is 0 Å². The maximum atomic E-state index is 11.6. The SMILES string of the molecule is Cc1ccc(S(=O)O)c([C@H]2C[C@H](C)CC[C@H]2C(C)C)c1. The van der Waals surface area contributed by atoms with E-state index < -0.39 is 11.1 Å². The van der Waals surface area contributed by atoms with Gasteiger partial charge in [0.25, 0.3) is 0 Å². The van der Waals surface area contributed by atoms with E-state index in [2.05, 4.69) is 33.8 Å². The molecular formula is C17H26O2S.